The van der Waals surface area contributed by atoms with Gasteiger partial charge in [-0.05, 0) is 112 Å². The molecule has 0 fully saturated rings. The van der Waals surface area contributed by atoms with Crippen LogP contribution < -0.4 is 28.4 Å². The van der Waals surface area contributed by atoms with E-state index in [1.54, 1.807) is 99.2 Å². The van der Waals surface area contributed by atoms with E-state index in [-0.39, 0.29) is 53.4 Å². The number of likely N-dealkylation sites (N-methyl/N-ethyl adjacent to an activating group) is 2. The number of Topliss-reactive ketones (excluding diaryl/α,β-unsaturated/α-hetero) is 2. The summed E-state index contributed by atoms with van der Waals surface area (Å²) in [6, 6.07) is 43.5. The molecular weight excluding hydrogens is 1610 g/mol. The van der Waals surface area contributed by atoms with Crippen LogP contribution in [-0.2, 0) is 27.7 Å². The summed E-state index contributed by atoms with van der Waals surface area (Å²) in [5, 5.41) is 52.3. The number of nitriles is 4. The van der Waals surface area contributed by atoms with Crippen molar-refractivity contribution in [3.63, 3.8) is 0 Å². The second-order valence-corrected chi connectivity index (χ2v) is 24.3. The molecule has 27 nitrogen and oxygen atoms in total. The van der Waals surface area contributed by atoms with Gasteiger partial charge in [0.15, 0.2) is 29.0 Å². The maximum Gasteiger partial charge on any atom is 0.491 e. The van der Waals surface area contributed by atoms with E-state index in [1.807, 2.05) is 91.0 Å². The number of carbonyl (C=O) groups is 4. The summed E-state index contributed by atoms with van der Waals surface area (Å²) >= 11 is 12.1. The Hall–Kier alpha value is -11.4. The number of terminal acetylenes is 1. The normalized spacial score (nSPS) is 14.2. The van der Waals surface area contributed by atoms with Gasteiger partial charge in [-0.25, -0.2) is 29.9 Å². The van der Waals surface area contributed by atoms with Crippen LogP contribution in [0.25, 0.3) is 11.1 Å². The number of amides is 2. The molecule has 0 bridgehead atoms. The largest absolute Gasteiger partial charge is 0.491 e. The van der Waals surface area contributed by atoms with E-state index in [2.05, 4.69) is 132 Å². The van der Waals surface area contributed by atoms with Crippen molar-refractivity contribution in [1.82, 2.24) is 49.3 Å². The smallest absolute Gasteiger partial charge is 0.423 e. The van der Waals surface area contributed by atoms with Crippen molar-refractivity contribution < 1.29 is 29.2 Å². The summed E-state index contributed by atoms with van der Waals surface area (Å²) in [5.74, 6) is 1.17. The molecule has 0 saturated carbocycles. The molecule has 100 heavy (non-hydrogen) atoms. The van der Waals surface area contributed by atoms with Gasteiger partial charge in [0.05, 0.1) is 0 Å². The topological polar surface area (TPSA) is 455 Å². The Morgan fingerprint density at radius 1 is 0.600 bits per heavy atom. The number of ketones is 2. The minimum Gasteiger partial charge on any atom is -0.423 e. The number of hydrogen-bond acceptors (Lipinski definition) is 19. The Labute approximate surface area is 618 Å². The van der Waals surface area contributed by atoms with Crippen LogP contribution in [0.3, 0.4) is 0 Å². The van der Waals surface area contributed by atoms with Gasteiger partial charge in [-0.2, -0.15) is 21.0 Å². The third-order valence-corrected chi connectivity index (χ3v) is 16.0. The number of hydrogen-bond donors (Lipinski definition) is 9. The van der Waals surface area contributed by atoms with Crippen molar-refractivity contribution in [3.05, 3.63) is 262 Å². The Bertz CT molecular complexity index is 4870. The van der Waals surface area contributed by atoms with Gasteiger partial charge >= 0.3 is 7.12 Å². The summed E-state index contributed by atoms with van der Waals surface area (Å²) in [7, 11) is 5.00. The third-order valence-electron chi connectivity index (χ3n) is 13.9. The number of aromatic amines is 3. The molecule has 2 amide bonds. The first-order chi connectivity index (χ1) is 47.3. The molecule has 0 aliphatic carbocycles. The zero-order valence-electron chi connectivity index (χ0n) is 53.0. The van der Waals surface area contributed by atoms with Crippen LogP contribution in [0.2, 0.25) is 0 Å². The molecule has 0 spiro atoms. The molecular formula is C67H57BBr3ClIN21O6. The maximum absolute atomic E-state index is 13.3. The molecule has 0 radical (unpaired) electrons. The van der Waals surface area contributed by atoms with Gasteiger partial charge in [0, 0.05) is 134 Å². The molecule has 8 heterocycles. The van der Waals surface area contributed by atoms with Crippen LogP contribution >= 0.6 is 82.8 Å². The average Bonchev–Trinajstić information content (AvgIpc) is 1.57. The zero-order valence-corrected chi connectivity index (χ0v) is 60.7. The fraction of sp³-hybridized carbons (Fsp3) is 0.0896. The van der Waals surface area contributed by atoms with Gasteiger partial charge in [0.1, 0.15) is 59.7 Å². The van der Waals surface area contributed by atoms with Crippen LogP contribution in [0.15, 0.2) is 212 Å². The lowest BCUT2D eigenvalue weighted by molar-refractivity contribution is -0.130. The molecule has 1 unspecified atom stereocenters. The third kappa shape index (κ3) is 20.1. The number of nitrogens with zero attached hydrogens (tertiary/aromatic N) is 14. The summed E-state index contributed by atoms with van der Waals surface area (Å²) in [6.07, 6.45) is 20.5. The first-order valence-corrected chi connectivity index (χ1v) is 31.8. The van der Waals surface area contributed by atoms with E-state index >= 15 is 0 Å². The molecule has 504 valence electrons. The highest BCUT2D eigenvalue weighted by molar-refractivity contribution is 14.1. The van der Waals surface area contributed by atoms with Crippen LogP contribution in [-0.4, -0.2) is 129 Å². The number of nitrogens with two attached hydrogens (primary N) is 4. The minimum absolute atomic E-state index is 0. The monoisotopic (exact) mass is 1660 g/mol. The predicted octanol–water partition coefficient (Wildman–Crippen LogP) is 7.17. The number of rotatable bonds is 9. The molecule has 2 aliphatic heterocycles. The number of nitrogens with one attached hydrogen (secondary N) is 3. The number of carbonyl (C=O) groups excluding carboxylic acids is 4. The van der Waals surface area contributed by atoms with E-state index in [0.717, 1.165) is 33.7 Å². The van der Waals surface area contributed by atoms with Crippen LogP contribution in [0.1, 0.15) is 71.3 Å². The molecule has 0 saturated heterocycles. The van der Waals surface area contributed by atoms with Crippen molar-refractivity contribution in [3.8, 4) is 47.7 Å². The van der Waals surface area contributed by atoms with Gasteiger partial charge in [0.25, 0.3) is 11.8 Å². The van der Waals surface area contributed by atoms with Gasteiger partial charge in [-0.15, -0.1) is 18.8 Å². The highest BCUT2D eigenvalue weighted by Crippen LogP contribution is 2.42. The lowest BCUT2D eigenvalue weighted by Gasteiger charge is -2.25. The molecule has 6 aromatic heterocycles. The minimum atomic E-state index is -1.47. The van der Waals surface area contributed by atoms with Crippen molar-refractivity contribution in [2.75, 3.05) is 21.1 Å². The van der Waals surface area contributed by atoms with Crippen molar-refractivity contribution in [2.45, 2.75) is 11.1 Å². The van der Waals surface area contributed by atoms with Gasteiger partial charge in [-0.3, -0.25) is 34.0 Å². The van der Waals surface area contributed by atoms with Gasteiger partial charge in [0.2, 0.25) is 11.6 Å². The van der Waals surface area contributed by atoms with Crippen LogP contribution in [0, 0.1) is 61.2 Å². The first kappa shape index (κ1) is 79.3. The molecule has 13 N–H and O–H groups in total. The van der Waals surface area contributed by atoms with E-state index in [9.17, 15) is 24.4 Å². The lowest BCUT2D eigenvalue weighted by atomic mass is 9.83. The molecule has 2 aliphatic rings. The number of halogens is 5. The summed E-state index contributed by atoms with van der Waals surface area (Å²) in [5.41, 5.74) is 26.4. The highest BCUT2D eigenvalue weighted by Gasteiger charge is 2.51. The lowest BCUT2D eigenvalue weighted by Crippen LogP contribution is -2.41. The van der Waals surface area contributed by atoms with Crippen LogP contribution in [0.4, 0.5) is 0 Å². The summed E-state index contributed by atoms with van der Waals surface area (Å²) < 4.78 is 5.32. The highest BCUT2D eigenvalue weighted by atomic mass is 127. The fourth-order valence-corrected chi connectivity index (χ4v) is 10.6. The van der Waals surface area contributed by atoms with E-state index in [0.29, 0.717) is 50.4 Å². The number of H-pyrrole nitrogens is 3. The first-order valence-electron chi connectivity index (χ1n) is 28.3. The predicted molar refractivity (Wildman–Crippen MR) is 397 cm³/mol. The van der Waals surface area contributed by atoms with Gasteiger partial charge < -0.3 is 52.5 Å². The Kier molecular flexibility index (Phi) is 29.6. The summed E-state index contributed by atoms with van der Waals surface area (Å²) in [4.78, 5) is 88.5. The molecule has 12 rings (SSSR count). The molecule has 4 aromatic carbocycles. The van der Waals surface area contributed by atoms with Crippen molar-refractivity contribution >= 4 is 137 Å². The summed E-state index contributed by atoms with van der Waals surface area (Å²) in [6.45, 7) is 0. The number of aromatic nitrogens is 8. The zero-order chi connectivity index (χ0) is 72.6. The Balaban J connectivity index is 0.000000225. The maximum atomic E-state index is 13.3. The number of aliphatic imine (C=N–C) groups is 3. The van der Waals surface area contributed by atoms with Crippen LogP contribution in [0.5, 0.6) is 0 Å². The van der Waals surface area contributed by atoms with E-state index in [4.69, 9.17) is 55.2 Å². The van der Waals surface area contributed by atoms with Crippen molar-refractivity contribution in [2.24, 2.45) is 45.0 Å². The van der Waals surface area contributed by atoms with E-state index < -0.39 is 29.8 Å². The van der Waals surface area contributed by atoms with E-state index in [1.165, 1.54) is 54.2 Å². The molecule has 33 heteroatoms. The Morgan fingerprint density at radius 3 is 1.51 bits per heavy atom. The number of aryl methyl sites for hydroxylation is 1. The quantitative estimate of drug-likeness (QED) is 0.0131. The second-order valence-electron chi connectivity index (χ2n) is 20.3. The fourth-order valence-electron chi connectivity index (χ4n) is 8.93. The second kappa shape index (κ2) is 37.4. The SMILES string of the molecule is C#Cc1cccc(Br)c1.CN1C(=O)C(c2cccc(Br)c2)(c2c[nH]c(C#N)c2)N=C1N.CN1C(=O)[C@](c2cccc(-c3cncnc3)c2)(c2cc(C#N)n(C)c2)N=C1N.CN=C(N)N.Cl.N#Cc1cc(C(=O)C(=O)c2cccc(Br)c2)c[nH]1.N#Cc1cc(I)c[nH]1.OB(O)c1cncnc1. The Morgan fingerprint density at radius 2 is 1.08 bits per heavy atom. The molecule has 10 aromatic rings. The number of guanidine groups is 3. The molecule has 2 atom stereocenters. The van der Waals surface area contributed by atoms with Crippen molar-refractivity contribution in [1.29, 1.82) is 21.0 Å². The average molecular weight is 1670 g/mol. The standard InChI is InChI=1S/C20H17N7O.C15H12BrN5O.C13H7BrN2O2.C8H5Br.C5H3IN2.C4H5BN2O2.C2H7N3.ClH/c1-26-11-16(7-17(26)8-21)20(18(28)27(2)19(22)25-20)15-5-3-4-13(6-15)14-9-23-12-24-10-14;1-21-13(22)15(20-14(21)18,9-3-2-4-11(16)5-9)10-6-12(7-17)19-8-10;14-10-3-1-2-8(4-10)12(17)13(18)9-5-11(6-15)16-7-9;1-2-7-4-3-5-8(9)6-7;6-4-1-5(2-7)8-3-4;8-5(9)4-1-6-3-7-2-4;1-5-2(3)4;/h3-7,9-12H,1-2H3,(H2,22,25);2-6,8,19H,1H3,(H2,18,20);1-5,7,16H;1,3-6H;1,3,8H;1-3,8-9H;1H3,(H4,3,4,5);1H/t20-;;;;;;;/m0......./s1. The van der Waals surface area contributed by atoms with Gasteiger partial charge in [-0.1, -0.05) is 102 Å². The number of benzene rings is 4.